The number of thiophene rings is 1. The van der Waals surface area contributed by atoms with Crippen LogP contribution in [-0.2, 0) is 42.9 Å². The maximum atomic E-state index is 13.7. The van der Waals surface area contributed by atoms with Gasteiger partial charge in [-0.05, 0) is 60.3 Å². The van der Waals surface area contributed by atoms with Crippen LogP contribution in [0.5, 0.6) is 5.75 Å². The Bertz CT molecular complexity index is 1380. The molecule has 0 bridgehead atoms. The van der Waals surface area contributed by atoms with Crippen molar-refractivity contribution < 1.29 is 24.2 Å². The van der Waals surface area contributed by atoms with Crippen molar-refractivity contribution in [1.29, 1.82) is 0 Å². The number of carbonyl (C=O) groups is 2. The van der Waals surface area contributed by atoms with Gasteiger partial charge in [-0.15, -0.1) is 11.3 Å². The fourth-order valence-corrected chi connectivity index (χ4v) is 7.02. The standard InChI is InChI=1S/C38H58N2O5S/c1-14-15-16-17-24(2)40(23-27-19-18-26(46-27)22-35(3,4)5)32(30-33(42)44-38(12,13)45-34(30)43)39-25-20-28(36(6,7)8)31(41)29(21-25)37(9,10)11/h18-21,24,39,41H,14-17,22-23H2,1-13H3. The smallest absolute Gasteiger partial charge is 0.352 e. The minimum absolute atomic E-state index is 0.0217. The third-order valence-electron chi connectivity index (χ3n) is 8.10. The highest BCUT2D eigenvalue weighted by molar-refractivity contribution is 7.12. The van der Waals surface area contributed by atoms with Gasteiger partial charge in [-0.1, -0.05) is 88.5 Å². The van der Waals surface area contributed by atoms with Crippen LogP contribution < -0.4 is 5.32 Å². The van der Waals surface area contributed by atoms with E-state index in [9.17, 15) is 14.7 Å². The lowest BCUT2D eigenvalue weighted by atomic mass is 9.79. The number of hydrogen-bond acceptors (Lipinski definition) is 8. The van der Waals surface area contributed by atoms with E-state index >= 15 is 0 Å². The monoisotopic (exact) mass is 654 g/mol. The molecule has 1 unspecified atom stereocenters. The zero-order valence-electron chi connectivity index (χ0n) is 30.6. The lowest BCUT2D eigenvalue weighted by Crippen LogP contribution is -2.45. The fourth-order valence-electron chi connectivity index (χ4n) is 5.70. The molecule has 0 aliphatic carbocycles. The van der Waals surface area contributed by atoms with Crippen LogP contribution >= 0.6 is 11.3 Å². The first-order valence-corrected chi connectivity index (χ1v) is 17.5. The number of hydrogen-bond donors (Lipinski definition) is 2. The fraction of sp³-hybridized carbons (Fsp3) is 0.632. The van der Waals surface area contributed by atoms with Gasteiger partial charge in [-0.3, -0.25) is 0 Å². The molecular weight excluding hydrogens is 596 g/mol. The summed E-state index contributed by atoms with van der Waals surface area (Å²) in [6.07, 6.45) is 5.03. The number of phenolic OH excluding ortho intramolecular Hbond substituents is 1. The van der Waals surface area contributed by atoms with E-state index in [0.29, 0.717) is 18.1 Å². The number of nitrogens with zero attached hydrogens (tertiary/aromatic N) is 1. The molecule has 0 radical (unpaired) electrons. The van der Waals surface area contributed by atoms with Crippen molar-refractivity contribution in [1.82, 2.24) is 4.90 Å². The molecule has 0 spiro atoms. The zero-order valence-corrected chi connectivity index (χ0v) is 31.4. The maximum absolute atomic E-state index is 13.7. The van der Waals surface area contributed by atoms with E-state index in [4.69, 9.17) is 9.47 Å². The number of cyclic esters (lactones) is 2. The molecule has 2 aromatic rings. The number of nitrogens with one attached hydrogen (secondary N) is 1. The lowest BCUT2D eigenvalue weighted by Gasteiger charge is -2.37. The average molecular weight is 655 g/mol. The first-order valence-electron chi connectivity index (χ1n) is 16.7. The highest BCUT2D eigenvalue weighted by atomic mass is 32.1. The number of ether oxygens (including phenoxy) is 2. The summed E-state index contributed by atoms with van der Waals surface area (Å²) in [5, 5.41) is 14.9. The molecular formula is C38H58N2O5S. The highest BCUT2D eigenvalue weighted by Crippen LogP contribution is 2.42. The molecule has 2 heterocycles. The van der Waals surface area contributed by atoms with Gasteiger partial charge in [0.2, 0.25) is 0 Å². The minimum Gasteiger partial charge on any atom is -0.507 e. The van der Waals surface area contributed by atoms with Crippen molar-refractivity contribution in [2.75, 3.05) is 5.32 Å². The predicted octanol–water partition coefficient (Wildman–Crippen LogP) is 9.57. The van der Waals surface area contributed by atoms with Gasteiger partial charge in [-0.25, -0.2) is 9.59 Å². The summed E-state index contributed by atoms with van der Waals surface area (Å²) in [7, 11) is 0. The van der Waals surface area contributed by atoms with Gasteiger partial charge in [-0.2, -0.15) is 0 Å². The number of benzene rings is 1. The topological polar surface area (TPSA) is 88.1 Å². The number of unbranched alkanes of at least 4 members (excludes halogenated alkanes) is 2. The van der Waals surface area contributed by atoms with Gasteiger partial charge in [0, 0.05) is 46.5 Å². The Morgan fingerprint density at radius 2 is 1.43 bits per heavy atom. The van der Waals surface area contributed by atoms with Crippen molar-refractivity contribution in [3.8, 4) is 5.75 Å². The molecule has 1 aliphatic heterocycles. The molecule has 256 valence electrons. The van der Waals surface area contributed by atoms with Gasteiger partial charge in [0.05, 0.1) is 6.54 Å². The quantitative estimate of drug-likeness (QED) is 0.0820. The Balaban J connectivity index is 2.26. The van der Waals surface area contributed by atoms with E-state index in [2.05, 4.69) is 98.5 Å². The number of aromatic hydroxyl groups is 1. The summed E-state index contributed by atoms with van der Waals surface area (Å²) in [6, 6.07) is 8.15. The largest absolute Gasteiger partial charge is 0.507 e. The second-order valence-electron chi connectivity index (χ2n) is 16.5. The van der Waals surface area contributed by atoms with E-state index in [-0.39, 0.29) is 33.6 Å². The van der Waals surface area contributed by atoms with Crippen LogP contribution in [0.2, 0.25) is 0 Å². The molecule has 0 saturated carbocycles. The van der Waals surface area contributed by atoms with Gasteiger partial charge in [0.15, 0.2) is 5.57 Å². The Morgan fingerprint density at radius 3 is 1.91 bits per heavy atom. The predicted molar refractivity (Wildman–Crippen MR) is 189 cm³/mol. The second-order valence-corrected chi connectivity index (χ2v) is 17.8. The van der Waals surface area contributed by atoms with Crippen LogP contribution in [0.1, 0.15) is 137 Å². The molecule has 0 amide bonds. The highest BCUT2D eigenvalue weighted by Gasteiger charge is 2.43. The minimum atomic E-state index is -1.37. The third-order valence-corrected chi connectivity index (χ3v) is 9.17. The van der Waals surface area contributed by atoms with Crippen molar-refractivity contribution in [2.45, 2.75) is 151 Å². The number of esters is 2. The van der Waals surface area contributed by atoms with E-state index in [1.807, 2.05) is 12.1 Å². The molecule has 2 N–H and O–H groups in total. The Morgan fingerprint density at radius 1 is 0.913 bits per heavy atom. The van der Waals surface area contributed by atoms with E-state index in [1.165, 1.54) is 4.88 Å². The molecule has 46 heavy (non-hydrogen) atoms. The van der Waals surface area contributed by atoms with E-state index in [1.54, 1.807) is 25.2 Å². The van der Waals surface area contributed by atoms with Crippen molar-refractivity contribution in [2.24, 2.45) is 5.41 Å². The summed E-state index contributed by atoms with van der Waals surface area (Å²) in [5.41, 5.74) is 1.48. The summed E-state index contributed by atoms with van der Waals surface area (Å²) in [5.74, 6) is -2.20. The second kappa shape index (κ2) is 14.0. The van der Waals surface area contributed by atoms with Crippen molar-refractivity contribution in [3.63, 3.8) is 0 Å². The molecule has 1 aromatic carbocycles. The summed E-state index contributed by atoms with van der Waals surface area (Å²) >= 11 is 1.76. The first kappa shape index (κ1) is 37.5. The summed E-state index contributed by atoms with van der Waals surface area (Å²) in [6.45, 7) is 27.0. The van der Waals surface area contributed by atoms with Crippen LogP contribution in [0, 0.1) is 5.41 Å². The number of carbonyl (C=O) groups excluding carboxylic acids is 2. The molecule has 1 fully saturated rings. The third kappa shape index (κ3) is 9.76. The van der Waals surface area contributed by atoms with Gasteiger partial charge < -0.3 is 24.8 Å². The normalized spacial score (nSPS) is 16.2. The van der Waals surface area contributed by atoms with Crippen LogP contribution in [-0.4, -0.2) is 33.8 Å². The number of anilines is 1. The average Bonchev–Trinajstić information content (AvgIpc) is 3.30. The SMILES string of the molecule is CCCCCC(C)N(Cc1ccc(CC(C)(C)C)s1)C(Nc1cc(C(C)(C)C)c(O)c(C(C)(C)C)c1)=C1C(=O)OC(C)(C)OC1=O. The molecule has 1 aliphatic rings. The zero-order chi connectivity index (χ0) is 34.8. The number of phenols is 1. The molecule has 3 rings (SSSR count). The summed E-state index contributed by atoms with van der Waals surface area (Å²) < 4.78 is 11.3. The number of rotatable bonds is 11. The van der Waals surface area contributed by atoms with Crippen LogP contribution in [0.15, 0.2) is 35.7 Å². The first-order chi connectivity index (χ1) is 21.0. The van der Waals surface area contributed by atoms with Gasteiger partial charge in [0.1, 0.15) is 11.6 Å². The molecule has 8 heteroatoms. The Labute approximate surface area is 281 Å². The molecule has 1 atom stereocenters. The van der Waals surface area contributed by atoms with E-state index < -0.39 is 17.7 Å². The molecule has 1 aromatic heterocycles. The molecule has 7 nitrogen and oxygen atoms in total. The molecule has 1 saturated heterocycles. The van der Waals surface area contributed by atoms with Gasteiger partial charge >= 0.3 is 11.9 Å². The van der Waals surface area contributed by atoms with Crippen molar-refractivity contribution >= 4 is 29.0 Å². The Kier molecular flexibility index (Phi) is 11.4. The van der Waals surface area contributed by atoms with E-state index in [0.717, 1.165) is 48.1 Å². The summed E-state index contributed by atoms with van der Waals surface area (Å²) in [4.78, 5) is 31.9. The lowest BCUT2D eigenvalue weighted by molar-refractivity contribution is -0.222. The maximum Gasteiger partial charge on any atom is 0.352 e. The Hall–Kier alpha value is -3.00. The van der Waals surface area contributed by atoms with Crippen molar-refractivity contribution in [3.05, 3.63) is 56.5 Å². The van der Waals surface area contributed by atoms with Crippen LogP contribution in [0.4, 0.5) is 5.69 Å². The van der Waals surface area contributed by atoms with Crippen LogP contribution in [0.3, 0.4) is 0 Å². The van der Waals surface area contributed by atoms with Gasteiger partial charge in [0.25, 0.3) is 5.79 Å². The van der Waals surface area contributed by atoms with Crippen LogP contribution in [0.25, 0.3) is 0 Å².